The molecule has 0 aliphatic carbocycles. The van der Waals surface area contributed by atoms with Crippen molar-refractivity contribution in [2.24, 2.45) is 7.05 Å². The van der Waals surface area contributed by atoms with Gasteiger partial charge in [-0.05, 0) is 82.5 Å². The number of aromatic nitrogens is 4. The second-order valence-corrected chi connectivity index (χ2v) is 12.5. The fraction of sp³-hybridized carbons (Fsp3) is 0.343. The standard InChI is InChI=1S/C35H40N6O4/c1-7-37-33(42)27-15-24-26(18-40(6)34(43)31(24)38-27)23-16-28-25(17-29(23)45-32-20(2)9-8-10-21(32)3)30(22-11-13-36-14-12-22)39-41(28)19-35(4,5)44/h8-11,15-18,36,38,44H,7,12-14,19H2,1-6H3,(H,37,42). The molecular weight excluding hydrogens is 568 g/mol. The Morgan fingerprint density at radius 1 is 1.13 bits per heavy atom. The molecule has 5 aromatic rings. The molecule has 0 spiro atoms. The number of ether oxygens (including phenoxy) is 1. The van der Waals surface area contributed by atoms with Crippen LogP contribution in [0.5, 0.6) is 11.5 Å². The fourth-order valence-corrected chi connectivity index (χ4v) is 6.05. The van der Waals surface area contributed by atoms with Gasteiger partial charge in [0.1, 0.15) is 22.7 Å². The molecule has 0 atom stereocenters. The number of nitrogens with zero attached hydrogens (tertiary/aromatic N) is 3. The number of benzene rings is 2. The van der Waals surface area contributed by atoms with E-state index < -0.39 is 5.60 Å². The molecule has 1 aliphatic heterocycles. The number of carbonyl (C=O) groups is 1. The lowest BCUT2D eigenvalue weighted by Gasteiger charge is -2.19. The number of rotatable bonds is 8. The maximum absolute atomic E-state index is 13.3. The molecule has 10 nitrogen and oxygen atoms in total. The number of carbonyl (C=O) groups excluding carboxylic acids is 1. The molecule has 0 fully saturated rings. The number of aliphatic hydroxyl groups is 1. The van der Waals surface area contributed by atoms with Crippen molar-refractivity contribution in [2.45, 2.75) is 53.2 Å². The van der Waals surface area contributed by atoms with Gasteiger partial charge in [0.25, 0.3) is 11.5 Å². The van der Waals surface area contributed by atoms with E-state index in [9.17, 15) is 14.7 Å². The number of nitrogens with one attached hydrogen (secondary N) is 3. The number of aromatic amines is 1. The fourth-order valence-electron chi connectivity index (χ4n) is 6.05. The molecule has 10 heteroatoms. The van der Waals surface area contributed by atoms with E-state index in [4.69, 9.17) is 9.84 Å². The van der Waals surface area contributed by atoms with Crippen molar-refractivity contribution in [1.82, 2.24) is 30.0 Å². The first kappa shape index (κ1) is 30.4. The summed E-state index contributed by atoms with van der Waals surface area (Å²) >= 11 is 0. The average molecular weight is 609 g/mol. The normalized spacial score (nSPS) is 13.8. The Morgan fingerprint density at radius 2 is 1.89 bits per heavy atom. The Hall–Kier alpha value is -4.67. The van der Waals surface area contributed by atoms with E-state index in [1.54, 1.807) is 33.2 Å². The molecule has 0 radical (unpaired) electrons. The quantitative estimate of drug-likeness (QED) is 0.192. The molecule has 0 saturated carbocycles. The third-order valence-electron chi connectivity index (χ3n) is 8.21. The summed E-state index contributed by atoms with van der Waals surface area (Å²) in [6, 6.07) is 11.8. The van der Waals surface area contributed by atoms with Crippen molar-refractivity contribution in [3.05, 3.63) is 81.5 Å². The lowest BCUT2D eigenvalue weighted by Crippen LogP contribution is -2.26. The predicted molar refractivity (Wildman–Crippen MR) is 178 cm³/mol. The van der Waals surface area contributed by atoms with E-state index in [0.717, 1.165) is 69.7 Å². The van der Waals surface area contributed by atoms with Crippen LogP contribution >= 0.6 is 0 Å². The smallest absolute Gasteiger partial charge is 0.274 e. The maximum Gasteiger partial charge on any atom is 0.274 e. The first-order valence-electron chi connectivity index (χ1n) is 15.4. The molecule has 1 aliphatic rings. The van der Waals surface area contributed by atoms with Gasteiger partial charge in [-0.2, -0.15) is 5.10 Å². The highest BCUT2D eigenvalue weighted by molar-refractivity contribution is 6.05. The summed E-state index contributed by atoms with van der Waals surface area (Å²) in [5, 5.41) is 23.6. The summed E-state index contributed by atoms with van der Waals surface area (Å²) in [4.78, 5) is 29.2. The van der Waals surface area contributed by atoms with Gasteiger partial charge in [0.15, 0.2) is 0 Å². The van der Waals surface area contributed by atoms with E-state index in [0.29, 0.717) is 28.9 Å². The van der Waals surface area contributed by atoms with Gasteiger partial charge in [0.2, 0.25) is 0 Å². The van der Waals surface area contributed by atoms with Crippen LogP contribution in [0.15, 0.2) is 53.5 Å². The van der Waals surface area contributed by atoms with Gasteiger partial charge in [0, 0.05) is 48.2 Å². The lowest BCUT2D eigenvalue weighted by atomic mass is 9.97. The lowest BCUT2D eigenvalue weighted by molar-refractivity contribution is 0.0591. The zero-order chi connectivity index (χ0) is 32.0. The Labute approximate surface area is 261 Å². The van der Waals surface area contributed by atoms with Gasteiger partial charge >= 0.3 is 0 Å². The maximum atomic E-state index is 13.3. The zero-order valence-electron chi connectivity index (χ0n) is 26.7. The van der Waals surface area contributed by atoms with Gasteiger partial charge in [-0.1, -0.05) is 24.3 Å². The number of pyridine rings is 1. The summed E-state index contributed by atoms with van der Waals surface area (Å²) in [6.07, 6.45) is 4.78. The third kappa shape index (κ3) is 5.79. The topological polar surface area (TPSA) is 126 Å². The second kappa shape index (κ2) is 11.7. The first-order chi connectivity index (χ1) is 21.4. The summed E-state index contributed by atoms with van der Waals surface area (Å²) < 4.78 is 10.2. The van der Waals surface area contributed by atoms with Crippen LogP contribution in [0.2, 0.25) is 0 Å². The van der Waals surface area contributed by atoms with Crippen LogP contribution in [0.25, 0.3) is 38.5 Å². The van der Waals surface area contributed by atoms with Gasteiger partial charge in [-0.3, -0.25) is 14.3 Å². The van der Waals surface area contributed by atoms with Crippen molar-refractivity contribution in [3.8, 4) is 22.6 Å². The Kier molecular flexibility index (Phi) is 7.88. The Morgan fingerprint density at radius 3 is 2.56 bits per heavy atom. The highest BCUT2D eigenvalue weighted by Crippen LogP contribution is 2.43. The van der Waals surface area contributed by atoms with E-state index in [1.807, 2.05) is 55.8 Å². The molecule has 0 saturated heterocycles. The van der Waals surface area contributed by atoms with Crippen molar-refractivity contribution in [3.63, 3.8) is 0 Å². The van der Waals surface area contributed by atoms with E-state index in [-0.39, 0.29) is 18.0 Å². The number of para-hydroxylation sites is 1. The molecule has 45 heavy (non-hydrogen) atoms. The van der Waals surface area contributed by atoms with Gasteiger partial charge < -0.3 is 30.0 Å². The Balaban J connectivity index is 1.68. The highest BCUT2D eigenvalue weighted by atomic mass is 16.5. The van der Waals surface area contributed by atoms with Crippen LogP contribution in [0, 0.1) is 13.8 Å². The minimum Gasteiger partial charge on any atom is -0.456 e. The minimum absolute atomic E-state index is 0.241. The summed E-state index contributed by atoms with van der Waals surface area (Å²) in [5.74, 6) is 1.06. The van der Waals surface area contributed by atoms with Crippen LogP contribution < -0.4 is 20.9 Å². The monoisotopic (exact) mass is 608 g/mol. The van der Waals surface area contributed by atoms with Gasteiger partial charge in [-0.25, -0.2) is 0 Å². The van der Waals surface area contributed by atoms with Crippen molar-refractivity contribution < 1.29 is 14.6 Å². The molecule has 2 aromatic carbocycles. The van der Waals surface area contributed by atoms with Gasteiger partial charge in [-0.15, -0.1) is 0 Å². The second-order valence-electron chi connectivity index (χ2n) is 12.5. The zero-order valence-corrected chi connectivity index (χ0v) is 26.7. The van der Waals surface area contributed by atoms with Crippen molar-refractivity contribution >= 4 is 33.3 Å². The largest absolute Gasteiger partial charge is 0.456 e. The van der Waals surface area contributed by atoms with Crippen LogP contribution in [-0.2, 0) is 13.6 Å². The first-order valence-corrected chi connectivity index (χ1v) is 15.4. The predicted octanol–water partition coefficient (Wildman–Crippen LogP) is 5.19. The molecule has 6 rings (SSSR count). The molecular formula is C35H40N6O4. The van der Waals surface area contributed by atoms with Crippen LogP contribution in [-0.4, -0.2) is 55.6 Å². The number of hydrogen-bond donors (Lipinski definition) is 4. The molecule has 0 unspecified atom stereocenters. The van der Waals surface area contributed by atoms with Crippen LogP contribution in [0.4, 0.5) is 0 Å². The number of fused-ring (bicyclic) bond motifs is 2. The number of H-pyrrole nitrogens is 1. The molecule has 4 N–H and O–H groups in total. The van der Waals surface area contributed by atoms with E-state index in [2.05, 4.69) is 21.7 Å². The van der Waals surface area contributed by atoms with E-state index in [1.165, 1.54) is 4.57 Å². The third-order valence-corrected chi connectivity index (χ3v) is 8.21. The van der Waals surface area contributed by atoms with Crippen LogP contribution in [0.3, 0.4) is 0 Å². The summed E-state index contributed by atoms with van der Waals surface area (Å²) in [7, 11) is 1.70. The molecule has 1 amide bonds. The highest BCUT2D eigenvalue weighted by Gasteiger charge is 2.25. The van der Waals surface area contributed by atoms with E-state index >= 15 is 0 Å². The minimum atomic E-state index is -1.02. The summed E-state index contributed by atoms with van der Waals surface area (Å²) in [6.45, 7) is 11.8. The number of amides is 1. The molecule has 0 bridgehead atoms. The van der Waals surface area contributed by atoms with Crippen molar-refractivity contribution in [2.75, 3.05) is 19.6 Å². The Bertz CT molecular complexity index is 2020. The number of hydrogen-bond acceptors (Lipinski definition) is 6. The molecule has 3 aromatic heterocycles. The van der Waals surface area contributed by atoms with Gasteiger partial charge in [0.05, 0.1) is 23.4 Å². The van der Waals surface area contributed by atoms with Crippen molar-refractivity contribution in [1.29, 1.82) is 0 Å². The molecule has 4 heterocycles. The number of aryl methyl sites for hydroxylation is 3. The SMILES string of the molecule is CCNC(=O)c1cc2c(-c3cc4c(cc3Oc3c(C)cccc3C)c(C3=CCNCC3)nn4CC(C)(C)O)cn(C)c(=O)c2[nH]1. The van der Waals surface area contributed by atoms with Crippen LogP contribution in [0.1, 0.15) is 54.5 Å². The average Bonchev–Trinajstić information content (AvgIpc) is 3.59. The molecule has 234 valence electrons. The summed E-state index contributed by atoms with van der Waals surface area (Å²) in [5.41, 5.74) is 5.65.